The van der Waals surface area contributed by atoms with Crippen molar-refractivity contribution < 1.29 is 9.53 Å². The van der Waals surface area contributed by atoms with Gasteiger partial charge in [-0.25, -0.2) is 4.79 Å². The Morgan fingerprint density at radius 2 is 2.15 bits per heavy atom. The van der Waals surface area contributed by atoms with E-state index in [1.54, 1.807) is 19.1 Å². The van der Waals surface area contributed by atoms with Crippen LogP contribution in [0.2, 0.25) is 0 Å². The van der Waals surface area contributed by atoms with Gasteiger partial charge in [0.05, 0.1) is 13.7 Å². The van der Waals surface area contributed by atoms with E-state index in [4.69, 9.17) is 4.74 Å². The largest absolute Gasteiger partial charge is 0.496 e. The van der Waals surface area contributed by atoms with Gasteiger partial charge in [0.25, 0.3) is 0 Å². The van der Waals surface area contributed by atoms with Crippen LogP contribution < -0.4 is 10.1 Å². The minimum absolute atomic E-state index is 0.0527. The van der Waals surface area contributed by atoms with Crippen molar-refractivity contribution in [3.63, 3.8) is 0 Å². The van der Waals surface area contributed by atoms with Crippen LogP contribution in [-0.2, 0) is 6.54 Å². The van der Waals surface area contributed by atoms with Crippen molar-refractivity contribution in [3.05, 3.63) is 28.2 Å². The molecule has 0 aliphatic rings. The lowest BCUT2D eigenvalue weighted by molar-refractivity contribution is 0.206. The summed E-state index contributed by atoms with van der Waals surface area (Å²) in [7, 11) is 3.42. The quantitative estimate of drug-likeness (QED) is 0.766. The standard InChI is InChI=1S/C15H23BrN2O2/c1-4-5-6-9-17-15(19)18(2)11-12-10-13(16)7-8-14(12)20-3/h7-8,10H,4-6,9,11H2,1-3H3,(H,17,19). The third-order valence-corrected chi connectivity index (χ3v) is 3.55. The molecule has 1 N–H and O–H groups in total. The lowest BCUT2D eigenvalue weighted by Gasteiger charge is -2.19. The van der Waals surface area contributed by atoms with Crippen molar-refractivity contribution in [3.8, 4) is 5.75 Å². The third kappa shape index (κ3) is 5.41. The smallest absolute Gasteiger partial charge is 0.317 e. The normalized spacial score (nSPS) is 10.2. The molecule has 0 bridgehead atoms. The van der Waals surface area contributed by atoms with Gasteiger partial charge in [-0.1, -0.05) is 35.7 Å². The number of nitrogens with one attached hydrogen (secondary N) is 1. The summed E-state index contributed by atoms with van der Waals surface area (Å²) in [5.41, 5.74) is 0.980. The second-order valence-electron chi connectivity index (χ2n) is 4.75. The van der Waals surface area contributed by atoms with Crippen LogP contribution in [0.1, 0.15) is 31.7 Å². The number of halogens is 1. The van der Waals surface area contributed by atoms with Gasteiger partial charge in [-0.3, -0.25) is 0 Å². The predicted molar refractivity (Wildman–Crippen MR) is 85.1 cm³/mol. The molecule has 20 heavy (non-hydrogen) atoms. The first kappa shape index (κ1) is 16.8. The monoisotopic (exact) mass is 342 g/mol. The van der Waals surface area contributed by atoms with Gasteiger partial charge in [-0.15, -0.1) is 0 Å². The minimum Gasteiger partial charge on any atom is -0.496 e. The summed E-state index contributed by atoms with van der Waals surface area (Å²) in [6.45, 7) is 3.39. The second kappa shape index (κ2) is 8.84. The maximum atomic E-state index is 12.0. The summed E-state index contributed by atoms with van der Waals surface area (Å²) in [5.74, 6) is 0.791. The van der Waals surface area contributed by atoms with E-state index in [2.05, 4.69) is 28.2 Å². The van der Waals surface area contributed by atoms with Crippen molar-refractivity contribution >= 4 is 22.0 Å². The molecule has 2 amide bonds. The molecule has 0 heterocycles. The van der Waals surface area contributed by atoms with Crippen LogP contribution in [0.25, 0.3) is 0 Å². The zero-order valence-corrected chi connectivity index (χ0v) is 14.0. The van der Waals surface area contributed by atoms with Crippen molar-refractivity contribution in [2.45, 2.75) is 32.7 Å². The van der Waals surface area contributed by atoms with Crippen LogP contribution in [0.15, 0.2) is 22.7 Å². The molecule has 112 valence electrons. The fourth-order valence-electron chi connectivity index (χ4n) is 1.90. The summed E-state index contributed by atoms with van der Waals surface area (Å²) in [6.07, 6.45) is 3.32. The van der Waals surface area contributed by atoms with E-state index >= 15 is 0 Å². The average Bonchev–Trinajstić information content (AvgIpc) is 2.43. The van der Waals surface area contributed by atoms with Crippen LogP contribution in [0.3, 0.4) is 0 Å². The molecule has 0 unspecified atom stereocenters. The summed E-state index contributed by atoms with van der Waals surface area (Å²) in [5, 5.41) is 2.92. The van der Waals surface area contributed by atoms with Gasteiger partial charge in [-0.05, 0) is 24.6 Å². The van der Waals surface area contributed by atoms with Crippen molar-refractivity contribution in [2.24, 2.45) is 0 Å². The van der Waals surface area contributed by atoms with Gasteiger partial charge in [-0.2, -0.15) is 0 Å². The highest BCUT2D eigenvalue weighted by molar-refractivity contribution is 9.10. The number of benzene rings is 1. The lowest BCUT2D eigenvalue weighted by atomic mass is 10.2. The molecule has 0 fully saturated rings. The topological polar surface area (TPSA) is 41.6 Å². The number of unbranched alkanes of at least 4 members (excludes halogenated alkanes) is 2. The van der Waals surface area contributed by atoms with E-state index in [-0.39, 0.29) is 6.03 Å². The number of carbonyl (C=O) groups is 1. The molecule has 5 heteroatoms. The molecular formula is C15H23BrN2O2. The molecule has 0 aliphatic heterocycles. The molecule has 1 aromatic carbocycles. The molecule has 4 nitrogen and oxygen atoms in total. The molecule has 0 aliphatic carbocycles. The highest BCUT2D eigenvalue weighted by atomic mass is 79.9. The SMILES string of the molecule is CCCCCNC(=O)N(C)Cc1cc(Br)ccc1OC. The zero-order chi connectivity index (χ0) is 15.0. The first-order valence-electron chi connectivity index (χ1n) is 6.89. The number of ether oxygens (including phenoxy) is 1. The molecular weight excluding hydrogens is 320 g/mol. The Morgan fingerprint density at radius 1 is 1.40 bits per heavy atom. The van der Waals surface area contributed by atoms with Crippen LogP contribution >= 0.6 is 15.9 Å². The first-order valence-corrected chi connectivity index (χ1v) is 7.69. The van der Waals surface area contributed by atoms with E-state index < -0.39 is 0 Å². The van der Waals surface area contributed by atoms with E-state index in [1.165, 1.54) is 0 Å². The Bertz CT molecular complexity index is 438. The predicted octanol–water partition coefficient (Wildman–Crippen LogP) is 3.79. The number of methoxy groups -OCH3 is 1. The Hall–Kier alpha value is -1.23. The van der Waals surface area contributed by atoms with Gasteiger partial charge in [0.1, 0.15) is 5.75 Å². The van der Waals surface area contributed by atoms with Gasteiger partial charge in [0, 0.05) is 23.6 Å². The summed E-state index contributed by atoms with van der Waals surface area (Å²) >= 11 is 3.44. The van der Waals surface area contributed by atoms with Crippen LogP contribution in [0, 0.1) is 0 Å². The fraction of sp³-hybridized carbons (Fsp3) is 0.533. The number of hydrogen-bond acceptors (Lipinski definition) is 2. The van der Waals surface area contributed by atoms with Crippen LogP contribution in [-0.4, -0.2) is 31.6 Å². The van der Waals surface area contributed by atoms with Crippen molar-refractivity contribution in [2.75, 3.05) is 20.7 Å². The number of hydrogen-bond donors (Lipinski definition) is 1. The molecule has 1 rings (SSSR count). The average molecular weight is 343 g/mol. The number of rotatable bonds is 7. The number of nitrogens with zero attached hydrogens (tertiary/aromatic N) is 1. The minimum atomic E-state index is -0.0527. The molecule has 0 aromatic heterocycles. The lowest BCUT2D eigenvalue weighted by Crippen LogP contribution is -2.37. The Kier molecular flexibility index (Phi) is 7.44. The third-order valence-electron chi connectivity index (χ3n) is 3.05. The van der Waals surface area contributed by atoms with Gasteiger partial charge in [0.2, 0.25) is 0 Å². The van der Waals surface area contributed by atoms with Crippen molar-refractivity contribution in [1.29, 1.82) is 0 Å². The number of amides is 2. The van der Waals surface area contributed by atoms with Gasteiger partial charge in [0.15, 0.2) is 0 Å². The zero-order valence-electron chi connectivity index (χ0n) is 12.4. The molecule has 0 saturated heterocycles. The summed E-state index contributed by atoms with van der Waals surface area (Å²) in [4.78, 5) is 13.6. The van der Waals surface area contributed by atoms with E-state index in [0.717, 1.165) is 41.6 Å². The Labute approximate surface area is 129 Å². The fourth-order valence-corrected chi connectivity index (χ4v) is 2.31. The van der Waals surface area contributed by atoms with Crippen LogP contribution in [0.5, 0.6) is 5.75 Å². The summed E-state index contributed by atoms with van der Waals surface area (Å²) < 4.78 is 6.29. The van der Waals surface area contributed by atoms with Gasteiger partial charge >= 0.3 is 6.03 Å². The Morgan fingerprint density at radius 3 is 2.80 bits per heavy atom. The van der Waals surface area contributed by atoms with E-state index in [9.17, 15) is 4.79 Å². The number of urea groups is 1. The van der Waals surface area contributed by atoms with Crippen molar-refractivity contribution in [1.82, 2.24) is 10.2 Å². The van der Waals surface area contributed by atoms with E-state index in [0.29, 0.717) is 6.54 Å². The molecule has 1 aromatic rings. The second-order valence-corrected chi connectivity index (χ2v) is 5.67. The highest BCUT2D eigenvalue weighted by Crippen LogP contribution is 2.23. The maximum Gasteiger partial charge on any atom is 0.317 e. The first-order chi connectivity index (χ1) is 9.58. The molecule has 0 atom stereocenters. The Balaban J connectivity index is 2.54. The van der Waals surface area contributed by atoms with Gasteiger partial charge < -0.3 is 15.0 Å². The van der Waals surface area contributed by atoms with Crippen LogP contribution in [0.4, 0.5) is 4.79 Å². The molecule has 0 saturated carbocycles. The number of carbonyl (C=O) groups excluding carboxylic acids is 1. The molecule has 0 spiro atoms. The highest BCUT2D eigenvalue weighted by Gasteiger charge is 2.11. The van der Waals surface area contributed by atoms with E-state index in [1.807, 2.05) is 18.2 Å². The maximum absolute atomic E-state index is 12.0. The molecule has 0 radical (unpaired) electrons. The summed E-state index contributed by atoms with van der Waals surface area (Å²) in [6, 6.07) is 5.74.